The fraction of sp³-hybridized carbons (Fsp3) is 0.125. The summed E-state index contributed by atoms with van der Waals surface area (Å²) in [6.07, 6.45) is 5.06. The molecule has 0 bridgehead atoms. The number of carboxylic acids is 1. The lowest BCUT2D eigenvalue weighted by Gasteiger charge is -2.06. The van der Waals surface area contributed by atoms with Crippen molar-refractivity contribution >= 4 is 11.9 Å². The van der Waals surface area contributed by atoms with Gasteiger partial charge in [-0.05, 0) is 25.1 Å². The molecule has 0 saturated heterocycles. The SMILES string of the molecule is Cc1ccnc(NCc2cn(-c3ccccc3C(=O)O)cn2)n1. The maximum absolute atomic E-state index is 11.3. The molecule has 0 aliphatic rings. The Bertz CT molecular complexity index is 844. The number of imidazole rings is 1. The minimum atomic E-state index is -0.970. The van der Waals surface area contributed by atoms with Crippen LogP contribution in [0.1, 0.15) is 21.7 Å². The van der Waals surface area contributed by atoms with Gasteiger partial charge in [-0.2, -0.15) is 0 Å². The maximum atomic E-state index is 11.3. The monoisotopic (exact) mass is 309 g/mol. The molecule has 0 radical (unpaired) electrons. The zero-order valence-electron chi connectivity index (χ0n) is 12.5. The number of carbonyl (C=O) groups is 1. The van der Waals surface area contributed by atoms with Gasteiger partial charge in [0, 0.05) is 18.1 Å². The van der Waals surface area contributed by atoms with Crippen LogP contribution in [0.2, 0.25) is 0 Å². The van der Waals surface area contributed by atoms with Crippen LogP contribution in [-0.2, 0) is 6.54 Å². The summed E-state index contributed by atoms with van der Waals surface area (Å²) in [5.74, 6) is -0.437. The molecule has 0 aliphatic carbocycles. The molecule has 0 unspecified atom stereocenters. The molecule has 7 heteroatoms. The van der Waals surface area contributed by atoms with Crippen molar-refractivity contribution < 1.29 is 9.90 Å². The van der Waals surface area contributed by atoms with Crippen molar-refractivity contribution in [1.29, 1.82) is 0 Å². The van der Waals surface area contributed by atoms with Crippen molar-refractivity contribution in [2.45, 2.75) is 13.5 Å². The van der Waals surface area contributed by atoms with Crippen molar-refractivity contribution in [3.8, 4) is 5.69 Å². The second-order valence-electron chi connectivity index (χ2n) is 4.97. The number of para-hydroxylation sites is 1. The first-order chi connectivity index (χ1) is 11.1. The van der Waals surface area contributed by atoms with Gasteiger partial charge >= 0.3 is 5.97 Å². The van der Waals surface area contributed by atoms with Crippen LogP contribution in [0.4, 0.5) is 5.95 Å². The summed E-state index contributed by atoms with van der Waals surface area (Å²) in [5.41, 5.74) is 2.44. The first-order valence-corrected chi connectivity index (χ1v) is 7.02. The van der Waals surface area contributed by atoms with Gasteiger partial charge in [0.25, 0.3) is 0 Å². The number of nitrogens with one attached hydrogen (secondary N) is 1. The average Bonchev–Trinajstić information content (AvgIpc) is 3.02. The van der Waals surface area contributed by atoms with E-state index in [1.807, 2.05) is 13.0 Å². The number of anilines is 1. The molecule has 7 nitrogen and oxygen atoms in total. The smallest absolute Gasteiger partial charge is 0.337 e. The van der Waals surface area contributed by atoms with Gasteiger partial charge in [-0.15, -0.1) is 0 Å². The topological polar surface area (TPSA) is 92.9 Å². The predicted octanol–water partition coefficient (Wildman–Crippen LogP) is 2.28. The highest BCUT2D eigenvalue weighted by atomic mass is 16.4. The second-order valence-corrected chi connectivity index (χ2v) is 4.97. The van der Waals surface area contributed by atoms with Gasteiger partial charge in [-0.3, -0.25) is 0 Å². The summed E-state index contributed by atoms with van der Waals surface area (Å²) < 4.78 is 1.69. The van der Waals surface area contributed by atoms with Crippen LogP contribution < -0.4 is 5.32 Å². The molecule has 2 aromatic heterocycles. The second kappa shape index (κ2) is 6.27. The van der Waals surface area contributed by atoms with E-state index in [0.29, 0.717) is 18.2 Å². The standard InChI is InChI=1S/C16H15N5O2/c1-11-6-7-17-16(20-11)18-8-12-9-21(10-19-12)14-5-3-2-4-13(14)15(22)23/h2-7,9-10H,8H2,1H3,(H,22,23)(H,17,18,20). The Balaban J connectivity index is 1.77. The number of aromatic carboxylic acids is 1. The summed E-state index contributed by atoms with van der Waals surface area (Å²) >= 11 is 0. The molecular weight excluding hydrogens is 294 g/mol. The van der Waals surface area contributed by atoms with Gasteiger partial charge in [0.1, 0.15) is 0 Å². The van der Waals surface area contributed by atoms with Crippen LogP contribution in [0.25, 0.3) is 5.69 Å². The quantitative estimate of drug-likeness (QED) is 0.751. The number of hydrogen-bond donors (Lipinski definition) is 2. The normalized spacial score (nSPS) is 10.5. The molecule has 0 spiro atoms. The number of nitrogens with zero attached hydrogens (tertiary/aromatic N) is 4. The van der Waals surface area contributed by atoms with Crippen molar-refractivity contribution in [3.05, 3.63) is 66.0 Å². The van der Waals surface area contributed by atoms with Crippen LogP contribution in [0.15, 0.2) is 49.1 Å². The van der Waals surface area contributed by atoms with E-state index in [1.54, 1.807) is 47.6 Å². The molecular formula is C16H15N5O2. The molecule has 3 rings (SSSR count). The minimum Gasteiger partial charge on any atom is -0.478 e. The fourth-order valence-corrected chi connectivity index (χ4v) is 2.17. The largest absolute Gasteiger partial charge is 0.478 e. The molecule has 0 atom stereocenters. The Labute approximate surface area is 132 Å². The molecule has 1 aromatic carbocycles. The van der Waals surface area contributed by atoms with E-state index in [2.05, 4.69) is 20.3 Å². The Hall–Kier alpha value is -3.22. The molecule has 116 valence electrons. The number of aryl methyl sites for hydroxylation is 1. The van der Waals surface area contributed by atoms with Gasteiger partial charge in [-0.1, -0.05) is 12.1 Å². The van der Waals surface area contributed by atoms with E-state index < -0.39 is 5.97 Å². The average molecular weight is 309 g/mol. The van der Waals surface area contributed by atoms with E-state index >= 15 is 0 Å². The van der Waals surface area contributed by atoms with Crippen LogP contribution in [0.3, 0.4) is 0 Å². The molecule has 2 N–H and O–H groups in total. The number of benzene rings is 1. The number of rotatable bonds is 5. The first-order valence-electron chi connectivity index (χ1n) is 7.02. The summed E-state index contributed by atoms with van der Waals surface area (Å²) in [4.78, 5) is 23.9. The van der Waals surface area contributed by atoms with Gasteiger partial charge < -0.3 is 15.0 Å². The first kappa shape index (κ1) is 14.7. The highest BCUT2D eigenvalue weighted by Crippen LogP contribution is 2.15. The zero-order chi connectivity index (χ0) is 16.2. The van der Waals surface area contributed by atoms with E-state index in [-0.39, 0.29) is 5.56 Å². The Morgan fingerprint density at radius 1 is 1.26 bits per heavy atom. The zero-order valence-corrected chi connectivity index (χ0v) is 12.5. The van der Waals surface area contributed by atoms with Crippen LogP contribution in [0.5, 0.6) is 0 Å². The number of aromatic nitrogens is 4. The minimum absolute atomic E-state index is 0.228. The highest BCUT2D eigenvalue weighted by Gasteiger charge is 2.11. The molecule has 2 heterocycles. The number of carboxylic acid groups (broad SMARTS) is 1. The van der Waals surface area contributed by atoms with Gasteiger partial charge in [-0.25, -0.2) is 19.7 Å². The molecule has 0 fully saturated rings. The van der Waals surface area contributed by atoms with E-state index in [9.17, 15) is 9.90 Å². The van der Waals surface area contributed by atoms with Gasteiger partial charge in [0.05, 0.1) is 29.8 Å². The third-order valence-electron chi connectivity index (χ3n) is 3.27. The van der Waals surface area contributed by atoms with E-state index in [0.717, 1.165) is 11.4 Å². The lowest BCUT2D eigenvalue weighted by atomic mass is 10.2. The molecule has 0 amide bonds. The molecule has 23 heavy (non-hydrogen) atoms. The van der Waals surface area contributed by atoms with Crippen molar-refractivity contribution in [1.82, 2.24) is 19.5 Å². The third-order valence-corrected chi connectivity index (χ3v) is 3.27. The Morgan fingerprint density at radius 2 is 2.09 bits per heavy atom. The number of hydrogen-bond acceptors (Lipinski definition) is 5. The van der Waals surface area contributed by atoms with Crippen LogP contribution in [0, 0.1) is 6.92 Å². The predicted molar refractivity (Wildman–Crippen MR) is 84.6 cm³/mol. The third kappa shape index (κ3) is 3.34. The van der Waals surface area contributed by atoms with Crippen molar-refractivity contribution in [2.24, 2.45) is 0 Å². The fourth-order valence-electron chi connectivity index (χ4n) is 2.17. The molecule has 0 saturated carbocycles. The van der Waals surface area contributed by atoms with E-state index in [4.69, 9.17) is 0 Å². The Morgan fingerprint density at radius 3 is 2.87 bits per heavy atom. The van der Waals surface area contributed by atoms with Crippen molar-refractivity contribution in [3.63, 3.8) is 0 Å². The van der Waals surface area contributed by atoms with Crippen LogP contribution in [-0.4, -0.2) is 30.6 Å². The summed E-state index contributed by atoms with van der Waals surface area (Å²) in [6.45, 7) is 2.34. The van der Waals surface area contributed by atoms with Gasteiger partial charge in [0.2, 0.25) is 5.95 Å². The lowest BCUT2D eigenvalue weighted by Crippen LogP contribution is -2.05. The lowest BCUT2D eigenvalue weighted by molar-refractivity contribution is 0.0697. The Kier molecular flexibility index (Phi) is 4.01. The van der Waals surface area contributed by atoms with Crippen LogP contribution >= 0.6 is 0 Å². The summed E-state index contributed by atoms with van der Waals surface area (Å²) in [7, 11) is 0. The maximum Gasteiger partial charge on any atom is 0.337 e. The van der Waals surface area contributed by atoms with E-state index in [1.165, 1.54) is 0 Å². The molecule has 0 aliphatic heterocycles. The highest BCUT2D eigenvalue weighted by molar-refractivity contribution is 5.91. The van der Waals surface area contributed by atoms with Gasteiger partial charge in [0.15, 0.2) is 0 Å². The summed E-state index contributed by atoms with van der Waals surface area (Å²) in [5, 5.41) is 12.3. The summed E-state index contributed by atoms with van der Waals surface area (Å²) in [6, 6.07) is 8.62. The molecule has 3 aromatic rings. The van der Waals surface area contributed by atoms with Crippen molar-refractivity contribution in [2.75, 3.05) is 5.32 Å².